The summed E-state index contributed by atoms with van der Waals surface area (Å²) in [5.74, 6) is -0.303. The van der Waals surface area contributed by atoms with Gasteiger partial charge in [0, 0.05) is 25.1 Å². The Labute approximate surface area is 120 Å². The Bertz CT molecular complexity index is 457. The van der Waals surface area contributed by atoms with E-state index in [0.29, 0.717) is 5.56 Å². The van der Waals surface area contributed by atoms with Gasteiger partial charge in [0.05, 0.1) is 12.7 Å². The molecular weight excluding hydrogens is 254 g/mol. The average Bonchev–Trinajstić information content (AvgIpc) is 2.47. The van der Waals surface area contributed by atoms with E-state index in [9.17, 15) is 9.90 Å². The van der Waals surface area contributed by atoms with Gasteiger partial charge in [-0.15, -0.1) is 0 Å². The van der Waals surface area contributed by atoms with Crippen molar-refractivity contribution in [2.24, 2.45) is 5.41 Å². The third-order valence-corrected chi connectivity index (χ3v) is 4.02. The molecule has 110 valence electrons. The van der Waals surface area contributed by atoms with E-state index in [1.807, 2.05) is 12.1 Å². The van der Waals surface area contributed by atoms with Gasteiger partial charge in [-0.3, -0.25) is 4.90 Å². The van der Waals surface area contributed by atoms with E-state index in [0.717, 1.165) is 32.5 Å². The van der Waals surface area contributed by atoms with Crippen molar-refractivity contribution in [1.29, 1.82) is 0 Å². The van der Waals surface area contributed by atoms with Gasteiger partial charge < -0.3 is 9.84 Å². The quantitative estimate of drug-likeness (QED) is 0.856. The zero-order chi connectivity index (χ0) is 14.6. The highest BCUT2D eigenvalue weighted by Crippen LogP contribution is 2.29. The summed E-state index contributed by atoms with van der Waals surface area (Å²) in [5, 5.41) is 9.48. The molecule has 1 fully saturated rings. The van der Waals surface area contributed by atoms with Crippen molar-refractivity contribution in [1.82, 2.24) is 4.90 Å². The fraction of sp³-hybridized carbons (Fsp3) is 0.562. The number of esters is 1. The molecule has 1 aliphatic heterocycles. The average molecular weight is 277 g/mol. The van der Waals surface area contributed by atoms with Gasteiger partial charge in [0.2, 0.25) is 0 Å². The van der Waals surface area contributed by atoms with Crippen LogP contribution in [-0.2, 0) is 11.3 Å². The number of aliphatic hydroxyl groups is 1. The maximum absolute atomic E-state index is 11.4. The molecule has 0 aliphatic carbocycles. The highest BCUT2D eigenvalue weighted by atomic mass is 16.5. The molecule has 0 spiro atoms. The summed E-state index contributed by atoms with van der Waals surface area (Å²) >= 11 is 0. The summed E-state index contributed by atoms with van der Waals surface area (Å²) in [7, 11) is 1.39. The lowest BCUT2D eigenvalue weighted by Crippen LogP contribution is -2.43. The highest BCUT2D eigenvalue weighted by Gasteiger charge is 2.30. The maximum Gasteiger partial charge on any atom is 0.337 e. The first-order valence-corrected chi connectivity index (χ1v) is 7.07. The first kappa shape index (κ1) is 15.0. The molecule has 1 aliphatic rings. The van der Waals surface area contributed by atoms with Crippen LogP contribution in [0.2, 0.25) is 0 Å². The SMILES string of the molecule is COC(=O)c1ccc(CN2CCCC(C)(CO)C2)cc1. The molecule has 1 aromatic carbocycles. The topological polar surface area (TPSA) is 49.8 Å². The van der Waals surface area contributed by atoms with Crippen LogP contribution < -0.4 is 0 Å². The number of piperidine rings is 1. The van der Waals surface area contributed by atoms with Gasteiger partial charge in [0.15, 0.2) is 0 Å². The van der Waals surface area contributed by atoms with Crippen molar-refractivity contribution in [3.05, 3.63) is 35.4 Å². The van der Waals surface area contributed by atoms with E-state index in [1.165, 1.54) is 12.7 Å². The lowest BCUT2D eigenvalue weighted by Gasteiger charge is -2.39. The van der Waals surface area contributed by atoms with Crippen molar-refractivity contribution >= 4 is 5.97 Å². The molecule has 4 heteroatoms. The summed E-state index contributed by atoms with van der Waals surface area (Å²) in [5.41, 5.74) is 1.78. The Balaban J connectivity index is 1.98. The second-order valence-electron chi connectivity index (χ2n) is 5.97. The predicted octanol–water partition coefficient (Wildman–Crippen LogP) is 2.07. The third kappa shape index (κ3) is 3.58. The molecule has 1 atom stereocenters. The van der Waals surface area contributed by atoms with E-state index in [2.05, 4.69) is 11.8 Å². The number of ether oxygens (including phenoxy) is 1. The molecule has 1 N–H and O–H groups in total. The minimum Gasteiger partial charge on any atom is -0.465 e. The van der Waals surface area contributed by atoms with Crippen molar-refractivity contribution < 1.29 is 14.6 Å². The van der Waals surface area contributed by atoms with Crippen LogP contribution in [0.3, 0.4) is 0 Å². The van der Waals surface area contributed by atoms with E-state index in [4.69, 9.17) is 4.74 Å². The van der Waals surface area contributed by atoms with Crippen LogP contribution in [0.5, 0.6) is 0 Å². The lowest BCUT2D eigenvalue weighted by molar-refractivity contribution is 0.0429. The van der Waals surface area contributed by atoms with Crippen molar-refractivity contribution in [2.45, 2.75) is 26.3 Å². The van der Waals surface area contributed by atoms with E-state index < -0.39 is 0 Å². The fourth-order valence-electron chi connectivity index (χ4n) is 2.81. The Morgan fingerprint density at radius 2 is 2.10 bits per heavy atom. The Morgan fingerprint density at radius 1 is 1.40 bits per heavy atom. The van der Waals surface area contributed by atoms with Crippen LogP contribution in [-0.4, -0.2) is 42.8 Å². The number of hydrogen-bond donors (Lipinski definition) is 1. The summed E-state index contributed by atoms with van der Waals surface area (Å²) in [6, 6.07) is 7.54. The van der Waals surface area contributed by atoms with Crippen LogP contribution in [0.25, 0.3) is 0 Å². The third-order valence-electron chi connectivity index (χ3n) is 4.02. The number of aliphatic hydroxyl groups excluding tert-OH is 1. The molecule has 0 amide bonds. The molecule has 4 nitrogen and oxygen atoms in total. The standard InChI is InChI=1S/C16H23NO3/c1-16(12-18)8-3-9-17(11-16)10-13-4-6-14(7-5-13)15(19)20-2/h4-7,18H,3,8-12H2,1-2H3. The summed E-state index contributed by atoms with van der Waals surface area (Å²) < 4.78 is 4.69. The summed E-state index contributed by atoms with van der Waals surface area (Å²) in [4.78, 5) is 13.7. The largest absolute Gasteiger partial charge is 0.465 e. The zero-order valence-electron chi connectivity index (χ0n) is 12.3. The monoisotopic (exact) mass is 277 g/mol. The Kier molecular flexibility index (Phi) is 4.78. The molecule has 0 radical (unpaired) electrons. The van der Waals surface area contributed by atoms with Crippen LogP contribution in [0.1, 0.15) is 35.7 Å². The number of methoxy groups -OCH3 is 1. The van der Waals surface area contributed by atoms with Gasteiger partial charge in [-0.05, 0) is 37.1 Å². The molecule has 1 heterocycles. The number of benzene rings is 1. The Morgan fingerprint density at radius 3 is 2.70 bits per heavy atom. The second-order valence-corrected chi connectivity index (χ2v) is 5.97. The zero-order valence-corrected chi connectivity index (χ0v) is 12.3. The Hall–Kier alpha value is -1.39. The number of likely N-dealkylation sites (tertiary alicyclic amines) is 1. The van der Waals surface area contributed by atoms with E-state index in [-0.39, 0.29) is 18.0 Å². The number of carbonyl (C=O) groups is 1. The lowest BCUT2D eigenvalue weighted by atomic mass is 9.82. The summed E-state index contributed by atoms with van der Waals surface area (Å²) in [6.07, 6.45) is 2.21. The molecular formula is C16H23NO3. The van der Waals surface area contributed by atoms with Gasteiger partial charge in [0.1, 0.15) is 0 Å². The van der Waals surface area contributed by atoms with E-state index in [1.54, 1.807) is 12.1 Å². The van der Waals surface area contributed by atoms with Crippen LogP contribution in [0, 0.1) is 5.41 Å². The van der Waals surface area contributed by atoms with Gasteiger partial charge in [-0.2, -0.15) is 0 Å². The van der Waals surface area contributed by atoms with Gasteiger partial charge in [0.25, 0.3) is 0 Å². The van der Waals surface area contributed by atoms with Gasteiger partial charge >= 0.3 is 5.97 Å². The van der Waals surface area contributed by atoms with Gasteiger partial charge in [-0.1, -0.05) is 19.1 Å². The van der Waals surface area contributed by atoms with Crippen LogP contribution in [0.4, 0.5) is 0 Å². The minimum absolute atomic E-state index is 0.0181. The first-order chi connectivity index (χ1) is 9.56. The number of carbonyl (C=O) groups excluding carboxylic acids is 1. The molecule has 2 rings (SSSR count). The minimum atomic E-state index is -0.303. The van der Waals surface area contributed by atoms with Crippen molar-refractivity contribution in [2.75, 3.05) is 26.8 Å². The fourth-order valence-corrected chi connectivity index (χ4v) is 2.81. The highest BCUT2D eigenvalue weighted by molar-refractivity contribution is 5.89. The molecule has 0 saturated carbocycles. The van der Waals surface area contributed by atoms with E-state index >= 15 is 0 Å². The molecule has 1 saturated heterocycles. The number of nitrogens with zero attached hydrogens (tertiary/aromatic N) is 1. The molecule has 20 heavy (non-hydrogen) atoms. The second kappa shape index (κ2) is 6.37. The first-order valence-electron chi connectivity index (χ1n) is 7.07. The molecule has 1 aromatic rings. The number of hydrogen-bond acceptors (Lipinski definition) is 4. The van der Waals surface area contributed by atoms with Gasteiger partial charge in [-0.25, -0.2) is 4.79 Å². The van der Waals surface area contributed by atoms with Crippen LogP contribution >= 0.6 is 0 Å². The normalized spacial score (nSPS) is 23.6. The van der Waals surface area contributed by atoms with Crippen LogP contribution in [0.15, 0.2) is 24.3 Å². The smallest absolute Gasteiger partial charge is 0.337 e. The molecule has 1 unspecified atom stereocenters. The molecule has 0 bridgehead atoms. The predicted molar refractivity (Wildman–Crippen MR) is 77.5 cm³/mol. The summed E-state index contributed by atoms with van der Waals surface area (Å²) in [6.45, 7) is 5.22. The molecule has 0 aromatic heterocycles. The van der Waals surface area contributed by atoms with Crippen molar-refractivity contribution in [3.63, 3.8) is 0 Å². The maximum atomic E-state index is 11.4. The number of rotatable bonds is 4. The van der Waals surface area contributed by atoms with Crippen molar-refractivity contribution in [3.8, 4) is 0 Å².